The Kier molecular flexibility index (Phi) is 12.4. The number of carboxylic acids is 1. The first-order valence-electron chi connectivity index (χ1n) is 11.2. The van der Waals surface area contributed by atoms with Crippen LogP contribution in [0, 0.1) is 0 Å². The van der Waals surface area contributed by atoms with Gasteiger partial charge in [0.15, 0.2) is 11.5 Å². The van der Waals surface area contributed by atoms with Crippen LogP contribution in [0.4, 0.5) is 14.4 Å². The van der Waals surface area contributed by atoms with Gasteiger partial charge in [-0.2, -0.15) is 0 Å². The van der Waals surface area contributed by atoms with Gasteiger partial charge in [-0.15, -0.1) is 0 Å². The highest BCUT2D eigenvalue weighted by molar-refractivity contribution is 5.79. The molecule has 0 amide bonds. The third-order valence-corrected chi connectivity index (χ3v) is 4.40. The van der Waals surface area contributed by atoms with Gasteiger partial charge in [0.2, 0.25) is 0 Å². The third-order valence-electron chi connectivity index (χ3n) is 4.40. The largest absolute Gasteiger partial charge is 0.513 e. The lowest BCUT2D eigenvalue weighted by Gasteiger charge is -2.28. The van der Waals surface area contributed by atoms with E-state index >= 15 is 0 Å². The minimum atomic E-state index is -1.85. The number of ether oxygens (including phenoxy) is 6. The normalized spacial score (nSPS) is 13.1. The van der Waals surface area contributed by atoms with Gasteiger partial charge in [-0.3, -0.25) is 4.79 Å². The zero-order chi connectivity index (χ0) is 26.4. The SMILES string of the molecule is CCCOC(=O)Oc1ccc(CC(N)(C[C@H](C)OC(=O)OCC)C(=O)O)cc1OC(=O)OCCC. The molecule has 0 spiro atoms. The predicted molar refractivity (Wildman–Crippen MR) is 121 cm³/mol. The molecule has 0 radical (unpaired) electrons. The van der Waals surface area contributed by atoms with E-state index in [4.69, 9.17) is 34.2 Å². The van der Waals surface area contributed by atoms with E-state index in [0.717, 1.165) is 0 Å². The maximum Gasteiger partial charge on any atom is 0.513 e. The summed E-state index contributed by atoms with van der Waals surface area (Å²) in [4.78, 5) is 47.4. The Morgan fingerprint density at radius 2 is 1.49 bits per heavy atom. The molecule has 1 aromatic rings. The molecular formula is C23H33NO11. The van der Waals surface area contributed by atoms with Gasteiger partial charge in [0.05, 0.1) is 19.8 Å². The molecule has 0 bridgehead atoms. The van der Waals surface area contributed by atoms with Gasteiger partial charge >= 0.3 is 24.4 Å². The van der Waals surface area contributed by atoms with E-state index in [1.807, 2.05) is 0 Å². The molecule has 0 aliphatic heterocycles. The van der Waals surface area contributed by atoms with Crippen molar-refractivity contribution in [1.82, 2.24) is 0 Å². The van der Waals surface area contributed by atoms with Gasteiger partial charge in [-0.05, 0) is 44.4 Å². The number of carboxylic acid groups (broad SMARTS) is 1. The fourth-order valence-electron chi connectivity index (χ4n) is 2.91. The van der Waals surface area contributed by atoms with Crippen LogP contribution >= 0.6 is 0 Å². The van der Waals surface area contributed by atoms with Crippen molar-refractivity contribution in [2.24, 2.45) is 5.73 Å². The van der Waals surface area contributed by atoms with Crippen molar-refractivity contribution in [1.29, 1.82) is 0 Å². The molecule has 0 aromatic heterocycles. The molecule has 1 unspecified atom stereocenters. The summed E-state index contributed by atoms with van der Waals surface area (Å²) in [6.45, 7) is 7.03. The topological polar surface area (TPSA) is 170 Å². The minimum absolute atomic E-state index is 0.0993. The standard InChI is InChI=1S/C23H33NO11/c1-5-10-31-21(28)34-17-9-8-16(12-18(17)35-22(29)32-11-6-2)14-23(24,19(25)26)13-15(4)33-20(27)30-7-3/h8-9,12,15H,5-7,10-11,13-14,24H2,1-4H3,(H,25,26)/t15-,23?/m0/s1. The second kappa shape index (κ2) is 14.7. The third kappa shape index (κ3) is 10.5. The molecule has 0 saturated heterocycles. The quantitative estimate of drug-likeness (QED) is 0.229. The lowest BCUT2D eigenvalue weighted by Crippen LogP contribution is -2.52. The molecule has 0 heterocycles. The van der Waals surface area contributed by atoms with Gasteiger partial charge in [0.25, 0.3) is 0 Å². The van der Waals surface area contributed by atoms with Crippen molar-refractivity contribution in [3.8, 4) is 11.5 Å². The highest BCUT2D eigenvalue weighted by atomic mass is 16.7. The summed E-state index contributed by atoms with van der Waals surface area (Å²) in [6.07, 6.45) is -3.19. The second-order valence-corrected chi connectivity index (χ2v) is 7.64. The fourth-order valence-corrected chi connectivity index (χ4v) is 2.91. The lowest BCUT2D eigenvalue weighted by molar-refractivity contribution is -0.144. The molecule has 0 aliphatic rings. The van der Waals surface area contributed by atoms with E-state index in [1.165, 1.54) is 25.1 Å². The zero-order valence-electron chi connectivity index (χ0n) is 20.4. The number of carbonyl (C=O) groups excluding carboxylic acids is 3. The summed E-state index contributed by atoms with van der Waals surface area (Å²) < 4.78 is 29.8. The minimum Gasteiger partial charge on any atom is -0.480 e. The smallest absolute Gasteiger partial charge is 0.480 e. The maximum absolute atomic E-state index is 12.0. The van der Waals surface area contributed by atoms with E-state index in [-0.39, 0.29) is 44.2 Å². The van der Waals surface area contributed by atoms with E-state index in [1.54, 1.807) is 20.8 Å². The average Bonchev–Trinajstić information content (AvgIpc) is 2.77. The summed E-state index contributed by atoms with van der Waals surface area (Å²) in [5.41, 5.74) is 4.63. The molecule has 3 N–H and O–H groups in total. The summed E-state index contributed by atoms with van der Waals surface area (Å²) in [6, 6.07) is 4.07. The van der Waals surface area contributed by atoms with Gasteiger partial charge in [-0.1, -0.05) is 19.9 Å². The molecule has 2 atom stereocenters. The van der Waals surface area contributed by atoms with Crippen LogP contribution in [-0.2, 0) is 30.2 Å². The summed E-state index contributed by atoms with van der Waals surface area (Å²) in [5, 5.41) is 9.76. The lowest BCUT2D eigenvalue weighted by atomic mass is 9.86. The molecule has 0 saturated carbocycles. The van der Waals surface area contributed by atoms with Crippen molar-refractivity contribution in [3.63, 3.8) is 0 Å². The number of hydrogen-bond donors (Lipinski definition) is 2. The molecule has 35 heavy (non-hydrogen) atoms. The van der Waals surface area contributed by atoms with Crippen molar-refractivity contribution < 1.29 is 52.7 Å². The Morgan fingerprint density at radius 3 is 2.00 bits per heavy atom. The van der Waals surface area contributed by atoms with Gasteiger partial charge < -0.3 is 39.3 Å². The van der Waals surface area contributed by atoms with E-state index in [2.05, 4.69) is 0 Å². The first-order chi connectivity index (χ1) is 16.5. The maximum atomic E-state index is 12.0. The van der Waals surface area contributed by atoms with Crippen LogP contribution < -0.4 is 15.2 Å². The first kappa shape index (κ1) is 29.5. The van der Waals surface area contributed by atoms with Gasteiger partial charge in [0, 0.05) is 12.8 Å². The van der Waals surface area contributed by atoms with Gasteiger partial charge in [-0.25, -0.2) is 14.4 Å². The molecule has 196 valence electrons. The van der Waals surface area contributed by atoms with Crippen molar-refractivity contribution in [2.75, 3.05) is 19.8 Å². The molecular weight excluding hydrogens is 466 g/mol. The van der Waals surface area contributed by atoms with Crippen LogP contribution in [0.15, 0.2) is 18.2 Å². The molecule has 12 nitrogen and oxygen atoms in total. The number of benzene rings is 1. The van der Waals surface area contributed by atoms with Crippen LogP contribution in [-0.4, -0.2) is 61.0 Å². The number of aliphatic carboxylic acids is 1. The average molecular weight is 500 g/mol. The van der Waals surface area contributed by atoms with Crippen LogP contribution in [0.25, 0.3) is 0 Å². The zero-order valence-corrected chi connectivity index (χ0v) is 20.4. The summed E-state index contributed by atoms with van der Waals surface area (Å²) in [5.74, 6) is -1.68. The molecule has 0 aliphatic carbocycles. The number of nitrogens with two attached hydrogens (primary N) is 1. The Hall–Kier alpha value is -3.54. The number of carbonyl (C=O) groups is 4. The Bertz CT molecular complexity index is 873. The number of rotatable bonds is 13. The second-order valence-electron chi connectivity index (χ2n) is 7.64. The fraction of sp³-hybridized carbons (Fsp3) is 0.565. The summed E-state index contributed by atoms with van der Waals surface area (Å²) >= 11 is 0. The van der Waals surface area contributed by atoms with Crippen molar-refractivity contribution >= 4 is 24.4 Å². The van der Waals surface area contributed by atoms with Crippen LogP contribution in [0.2, 0.25) is 0 Å². The van der Waals surface area contributed by atoms with Crippen LogP contribution in [0.3, 0.4) is 0 Å². The van der Waals surface area contributed by atoms with Crippen molar-refractivity contribution in [3.05, 3.63) is 23.8 Å². The van der Waals surface area contributed by atoms with Gasteiger partial charge in [0.1, 0.15) is 11.6 Å². The Balaban J connectivity index is 3.14. The molecule has 1 rings (SSSR count). The van der Waals surface area contributed by atoms with E-state index in [9.17, 15) is 24.3 Å². The number of hydrogen-bond acceptors (Lipinski definition) is 11. The Labute approximate surface area is 203 Å². The molecule has 0 fully saturated rings. The highest BCUT2D eigenvalue weighted by Crippen LogP contribution is 2.31. The predicted octanol–water partition coefficient (Wildman–Crippen LogP) is 3.81. The van der Waals surface area contributed by atoms with Crippen LogP contribution in [0.1, 0.15) is 52.5 Å². The summed E-state index contributed by atoms with van der Waals surface area (Å²) in [7, 11) is 0. The molecule has 12 heteroatoms. The highest BCUT2D eigenvalue weighted by Gasteiger charge is 2.37. The van der Waals surface area contributed by atoms with E-state index in [0.29, 0.717) is 18.4 Å². The van der Waals surface area contributed by atoms with E-state index < -0.39 is 36.1 Å². The van der Waals surface area contributed by atoms with Crippen LogP contribution in [0.5, 0.6) is 11.5 Å². The monoisotopic (exact) mass is 499 g/mol. The Morgan fingerprint density at radius 1 is 0.914 bits per heavy atom. The van der Waals surface area contributed by atoms with Crippen molar-refractivity contribution in [2.45, 2.75) is 65.0 Å². The first-order valence-corrected chi connectivity index (χ1v) is 11.2. The molecule has 1 aromatic carbocycles.